The fourth-order valence-corrected chi connectivity index (χ4v) is 8.30. The van der Waals surface area contributed by atoms with Gasteiger partial charge in [-0.05, 0) is 70.3 Å². The van der Waals surface area contributed by atoms with E-state index in [-0.39, 0.29) is 12.1 Å². The highest BCUT2D eigenvalue weighted by molar-refractivity contribution is 6.18. The van der Waals surface area contributed by atoms with Crippen LogP contribution in [0, 0.1) is 0 Å². The maximum Gasteiger partial charge on any atom is 0.193 e. The second-order valence-electron chi connectivity index (χ2n) is 13.6. The predicted molar refractivity (Wildman–Crippen MR) is 213 cm³/mol. The third kappa shape index (κ3) is 4.78. The normalized spacial score (nSPS) is 16.1. The van der Waals surface area contributed by atoms with Gasteiger partial charge in [0.2, 0.25) is 0 Å². The molecule has 0 saturated carbocycles. The molecule has 2 aromatic heterocycles. The summed E-state index contributed by atoms with van der Waals surface area (Å²) >= 11 is 0. The third-order valence-electron chi connectivity index (χ3n) is 10.7. The molecule has 0 fully saturated rings. The minimum Gasteiger partial charge on any atom is -0.309 e. The number of fused-ring (bicyclic) bond motifs is 6. The van der Waals surface area contributed by atoms with Gasteiger partial charge < -0.3 is 4.57 Å². The Morgan fingerprint density at radius 1 is 0.451 bits per heavy atom. The number of quaternary nitrogens is 1. The Morgan fingerprint density at radius 2 is 1.04 bits per heavy atom. The van der Waals surface area contributed by atoms with Crippen molar-refractivity contribution in [2.75, 3.05) is 0 Å². The van der Waals surface area contributed by atoms with Crippen LogP contribution in [0.15, 0.2) is 194 Å². The lowest BCUT2D eigenvalue weighted by Gasteiger charge is -2.28. The van der Waals surface area contributed by atoms with E-state index in [1.165, 1.54) is 77.0 Å². The van der Waals surface area contributed by atoms with Crippen molar-refractivity contribution in [2.45, 2.75) is 12.1 Å². The molecule has 9 aromatic rings. The van der Waals surface area contributed by atoms with E-state index in [0.717, 1.165) is 5.69 Å². The van der Waals surface area contributed by atoms with E-state index in [4.69, 9.17) is 6.58 Å². The van der Waals surface area contributed by atoms with Gasteiger partial charge in [-0.2, -0.15) is 0 Å². The van der Waals surface area contributed by atoms with Gasteiger partial charge in [-0.1, -0.05) is 140 Å². The number of aromatic nitrogens is 2. The van der Waals surface area contributed by atoms with Crippen molar-refractivity contribution >= 4 is 43.6 Å². The summed E-state index contributed by atoms with van der Waals surface area (Å²) in [4.78, 5) is 0. The molecule has 0 aliphatic carbocycles. The number of hydrogen-bond donors (Lipinski definition) is 1. The highest BCUT2D eigenvalue weighted by Crippen LogP contribution is 2.42. The van der Waals surface area contributed by atoms with Gasteiger partial charge in [0, 0.05) is 38.7 Å². The molecule has 3 nitrogen and oxygen atoms in total. The Labute approximate surface area is 297 Å². The molecule has 242 valence electrons. The van der Waals surface area contributed by atoms with Crippen LogP contribution in [0.25, 0.3) is 71.6 Å². The van der Waals surface area contributed by atoms with Crippen LogP contribution in [0.3, 0.4) is 0 Å². The topological polar surface area (TPSA) is 26.5 Å². The van der Waals surface area contributed by atoms with Gasteiger partial charge in [-0.15, -0.1) is 0 Å². The first kappa shape index (κ1) is 29.5. The van der Waals surface area contributed by atoms with Crippen molar-refractivity contribution in [3.63, 3.8) is 0 Å². The van der Waals surface area contributed by atoms with Gasteiger partial charge >= 0.3 is 0 Å². The molecule has 3 heterocycles. The lowest BCUT2D eigenvalue weighted by atomic mass is 9.86. The fourth-order valence-electron chi connectivity index (χ4n) is 8.30. The molecule has 51 heavy (non-hydrogen) atoms. The number of benzene rings is 7. The Morgan fingerprint density at radius 3 is 1.80 bits per heavy atom. The average Bonchev–Trinajstić information content (AvgIpc) is 3.70. The van der Waals surface area contributed by atoms with Crippen LogP contribution in [-0.4, -0.2) is 9.13 Å². The van der Waals surface area contributed by atoms with Crippen LogP contribution in [0.4, 0.5) is 0 Å². The molecule has 0 spiro atoms. The summed E-state index contributed by atoms with van der Waals surface area (Å²) in [7, 11) is 0. The van der Waals surface area contributed by atoms with Crippen molar-refractivity contribution in [1.82, 2.24) is 9.13 Å². The number of nitrogens with zero attached hydrogens (tertiary/aromatic N) is 2. The van der Waals surface area contributed by atoms with E-state index in [9.17, 15) is 0 Å². The number of allylic oxidation sites excluding steroid dienone is 1. The molecule has 10 rings (SSSR count). The first-order valence-electron chi connectivity index (χ1n) is 17.7. The average molecular weight is 655 g/mol. The minimum atomic E-state index is -0.0109. The molecule has 0 bridgehead atoms. The maximum absolute atomic E-state index is 4.82. The summed E-state index contributed by atoms with van der Waals surface area (Å²) in [5.74, 6) is 0.0826. The van der Waals surface area contributed by atoms with Crippen molar-refractivity contribution in [1.29, 1.82) is 0 Å². The first-order valence-corrected chi connectivity index (χ1v) is 17.7. The van der Waals surface area contributed by atoms with Crippen LogP contribution >= 0.6 is 0 Å². The summed E-state index contributed by atoms with van der Waals surface area (Å²) in [5.41, 5.74) is 13.3. The van der Waals surface area contributed by atoms with Crippen LogP contribution in [-0.2, 0) is 0 Å². The number of nitrogens with two attached hydrogens (primary N) is 1. The van der Waals surface area contributed by atoms with E-state index in [1.54, 1.807) is 0 Å². The summed E-state index contributed by atoms with van der Waals surface area (Å²) in [5, 5.41) is 7.37. The monoisotopic (exact) mass is 654 g/mol. The van der Waals surface area contributed by atoms with Gasteiger partial charge in [0.25, 0.3) is 0 Å². The molecule has 2 N–H and O–H groups in total. The Bertz CT molecular complexity index is 2780. The maximum atomic E-state index is 4.82. The summed E-state index contributed by atoms with van der Waals surface area (Å²) in [6, 6.07) is 61.6. The van der Waals surface area contributed by atoms with Gasteiger partial charge in [0.05, 0.1) is 28.3 Å². The van der Waals surface area contributed by atoms with Crippen molar-refractivity contribution in [2.24, 2.45) is 0 Å². The van der Waals surface area contributed by atoms with Crippen LogP contribution < -0.4 is 5.32 Å². The lowest BCUT2D eigenvalue weighted by Crippen LogP contribution is -2.82. The SMILES string of the molecule is C=C1C(c2cccc(-c3ccc(-c4ccccc4)cc3)c2)C=C[NH2+]C1n1c2ccccc2c2cc3c4ccccc4n(-c4ccccc4)c3cc21. The Balaban J connectivity index is 1.09. The summed E-state index contributed by atoms with van der Waals surface area (Å²) < 4.78 is 4.92. The van der Waals surface area contributed by atoms with Gasteiger partial charge in [0.15, 0.2) is 6.17 Å². The molecular weight excluding hydrogens is 619 g/mol. The van der Waals surface area contributed by atoms with E-state index in [0.29, 0.717) is 0 Å². The van der Waals surface area contributed by atoms with Crippen LogP contribution in [0.1, 0.15) is 17.6 Å². The molecule has 3 heteroatoms. The van der Waals surface area contributed by atoms with Crippen molar-refractivity contribution in [3.05, 3.63) is 200 Å². The Kier molecular flexibility index (Phi) is 6.87. The zero-order valence-corrected chi connectivity index (χ0v) is 28.2. The van der Waals surface area contributed by atoms with Gasteiger partial charge in [0.1, 0.15) is 0 Å². The number of hydrogen-bond acceptors (Lipinski definition) is 0. The molecule has 0 saturated heterocycles. The predicted octanol–water partition coefficient (Wildman–Crippen LogP) is 11.2. The second kappa shape index (κ2) is 11.9. The highest BCUT2D eigenvalue weighted by Gasteiger charge is 2.31. The largest absolute Gasteiger partial charge is 0.309 e. The molecule has 1 aliphatic rings. The standard InChI is InChI=1S/C48H35N3/c1-32-39(37-16-12-15-36(29-37)35-25-23-34(24-26-35)33-13-4-2-5-14-33)27-28-49-48(32)51-45-22-11-9-20-41(45)43-30-42-40-19-8-10-21-44(40)50(46(42)31-47(43)51)38-17-6-3-7-18-38/h2-31,39,48-49H,1H2/p+1. The van der Waals surface area contributed by atoms with Crippen molar-refractivity contribution in [3.8, 4) is 27.9 Å². The van der Waals surface area contributed by atoms with Crippen LogP contribution in [0.5, 0.6) is 0 Å². The molecule has 0 amide bonds. The molecule has 7 aromatic carbocycles. The first-order chi connectivity index (χ1) is 25.2. The zero-order chi connectivity index (χ0) is 33.9. The molecule has 2 atom stereocenters. The Hall–Kier alpha value is -6.42. The lowest BCUT2D eigenvalue weighted by molar-refractivity contribution is -0.642. The number of rotatable bonds is 5. The highest BCUT2D eigenvalue weighted by atomic mass is 15.2. The molecule has 0 radical (unpaired) electrons. The van der Waals surface area contributed by atoms with Crippen LogP contribution in [0.2, 0.25) is 0 Å². The summed E-state index contributed by atoms with van der Waals surface area (Å²) in [6.45, 7) is 4.82. The zero-order valence-electron chi connectivity index (χ0n) is 28.2. The second-order valence-corrected chi connectivity index (χ2v) is 13.6. The van der Waals surface area contributed by atoms with Crippen molar-refractivity contribution < 1.29 is 5.32 Å². The van der Waals surface area contributed by atoms with Gasteiger partial charge in [-0.3, -0.25) is 9.88 Å². The summed E-state index contributed by atoms with van der Waals surface area (Å²) in [6.07, 6.45) is 4.53. The molecule has 2 unspecified atom stereocenters. The minimum absolute atomic E-state index is 0.0109. The fraction of sp³-hybridized carbons (Fsp3) is 0.0417. The number of para-hydroxylation sites is 3. The third-order valence-corrected chi connectivity index (χ3v) is 10.7. The smallest absolute Gasteiger partial charge is 0.193 e. The van der Waals surface area contributed by atoms with Gasteiger partial charge in [-0.25, -0.2) is 0 Å². The van der Waals surface area contributed by atoms with E-state index in [1.807, 2.05) is 0 Å². The molecule has 1 aliphatic heterocycles. The van der Waals surface area contributed by atoms with E-state index < -0.39 is 0 Å². The van der Waals surface area contributed by atoms with E-state index >= 15 is 0 Å². The quantitative estimate of drug-likeness (QED) is 0.179. The molecular formula is C48H36N3+. The van der Waals surface area contributed by atoms with E-state index in [2.05, 4.69) is 197 Å².